The van der Waals surface area contributed by atoms with E-state index in [1.54, 1.807) is 0 Å². The van der Waals surface area contributed by atoms with Crippen molar-refractivity contribution in [2.75, 3.05) is 33.7 Å². The van der Waals surface area contributed by atoms with Gasteiger partial charge in [-0.05, 0) is 51.2 Å². The number of piperidine rings is 1. The number of rotatable bonds is 4. The molecule has 2 rings (SSSR count). The van der Waals surface area contributed by atoms with Gasteiger partial charge in [0, 0.05) is 25.2 Å². The Balaban J connectivity index is 2.08. The lowest BCUT2D eigenvalue weighted by Crippen LogP contribution is -2.60. The van der Waals surface area contributed by atoms with Crippen molar-refractivity contribution in [3.63, 3.8) is 0 Å². The average Bonchev–Trinajstić information content (AvgIpc) is 2.41. The number of likely N-dealkylation sites (N-methyl/N-ethyl adjacent to an activating group) is 2. The van der Waals surface area contributed by atoms with Gasteiger partial charge in [-0.15, -0.1) is 0 Å². The smallest absolute Gasteiger partial charge is 0.123 e. The zero-order valence-corrected chi connectivity index (χ0v) is 11.9. The first kappa shape index (κ1) is 14.4. The van der Waals surface area contributed by atoms with Crippen LogP contribution < -0.4 is 5.73 Å². The average molecular weight is 265 g/mol. The number of likely N-dealkylation sites (tertiary alicyclic amines) is 1. The highest BCUT2D eigenvalue weighted by Crippen LogP contribution is 2.26. The Kier molecular flexibility index (Phi) is 4.55. The van der Waals surface area contributed by atoms with Gasteiger partial charge in [0.05, 0.1) is 0 Å². The molecule has 0 aliphatic carbocycles. The number of hydrogen-bond acceptors (Lipinski definition) is 3. The molecule has 1 aliphatic rings. The molecule has 1 aromatic carbocycles. The van der Waals surface area contributed by atoms with E-state index in [-0.39, 0.29) is 11.4 Å². The summed E-state index contributed by atoms with van der Waals surface area (Å²) >= 11 is 0. The van der Waals surface area contributed by atoms with E-state index in [9.17, 15) is 4.39 Å². The Morgan fingerprint density at radius 3 is 2.63 bits per heavy atom. The lowest BCUT2D eigenvalue weighted by Gasteiger charge is -2.47. The summed E-state index contributed by atoms with van der Waals surface area (Å²) in [5.41, 5.74) is 7.22. The van der Waals surface area contributed by atoms with Crippen molar-refractivity contribution >= 4 is 0 Å². The first-order chi connectivity index (χ1) is 9.05. The summed E-state index contributed by atoms with van der Waals surface area (Å²) in [6.45, 7) is 3.62. The van der Waals surface area contributed by atoms with Gasteiger partial charge in [-0.1, -0.05) is 12.1 Å². The van der Waals surface area contributed by atoms with E-state index in [0.29, 0.717) is 6.54 Å². The molecule has 0 spiro atoms. The van der Waals surface area contributed by atoms with E-state index in [4.69, 9.17) is 5.73 Å². The van der Waals surface area contributed by atoms with Crippen molar-refractivity contribution in [3.8, 4) is 0 Å². The molecular weight excluding hydrogens is 241 g/mol. The van der Waals surface area contributed by atoms with Crippen LogP contribution in [-0.2, 0) is 6.54 Å². The molecule has 0 aromatic heterocycles. The van der Waals surface area contributed by atoms with Crippen LogP contribution in [-0.4, -0.2) is 49.1 Å². The first-order valence-electron chi connectivity index (χ1n) is 6.90. The van der Waals surface area contributed by atoms with Crippen LogP contribution in [0.4, 0.5) is 4.39 Å². The third kappa shape index (κ3) is 3.32. The second-order valence-electron chi connectivity index (χ2n) is 5.75. The van der Waals surface area contributed by atoms with Crippen LogP contribution in [0.3, 0.4) is 0 Å². The molecule has 1 heterocycles. The number of halogens is 1. The SMILES string of the molecule is CN1CCCC(CN)(N(C)Cc2ccc(F)cc2)C1. The molecular formula is C15H24FN3. The summed E-state index contributed by atoms with van der Waals surface area (Å²) in [6, 6.07) is 6.74. The molecule has 1 atom stereocenters. The van der Waals surface area contributed by atoms with Crippen LogP contribution in [0.1, 0.15) is 18.4 Å². The molecule has 2 N–H and O–H groups in total. The van der Waals surface area contributed by atoms with E-state index in [1.807, 2.05) is 12.1 Å². The summed E-state index contributed by atoms with van der Waals surface area (Å²) in [6.07, 6.45) is 2.31. The van der Waals surface area contributed by atoms with Crippen LogP contribution in [0.15, 0.2) is 24.3 Å². The quantitative estimate of drug-likeness (QED) is 0.899. The third-order valence-corrected chi connectivity index (χ3v) is 4.27. The predicted octanol–water partition coefficient (Wildman–Crippen LogP) is 1.68. The van der Waals surface area contributed by atoms with Crippen LogP contribution in [0.2, 0.25) is 0 Å². The van der Waals surface area contributed by atoms with Gasteiger partial charge >= 0.3 is 0 Å². The molecule has 1 aromatic rings. The molecule has 0 radical (unpaired) electrons. The van der Waals surface area contributed by atoms with Crippen molar-refractivity contribution in [1.82, 2.24) is 9.80 Å². The van der Waals surface area contributed by atoms with E-state index in [1.165, 1.54) is 18.6 Å². The van der Waals surface area contributed by atoms with E-state index in [0.717, 1.165) is 31.6 Å². The summed E-state index contributed by atoms with van der Waals surface area (Å²) in [5.74, 6) is -0.183. The van der Waals surface area contributed by atoms with Crippen molar-refractivity contribution in [2.45, 2.75) is 24.9 Å². The van der Waals surface area contributed by atoms with Crippen molar-refractivity contribution < 1.29 is 4.39 Å². The maximum Gasteiger partial charge on any atom is 0.123 e. The zero-order chi connectivity index (χ0) is 13.9. The molecule has 4 heteroatoms. The molecule has 3 nitrogen and oxygen atoms in total. The fourth-order valence-corrected chi connectivity index (χ4v) is 3.00. The number of hydrogen-bond donors (Lipinski definition) is 1. The molecule has 1 saturated heterocycles. The molecule has 1 unspecified atom stereocenters. The van der Waals surface area contributed by atoms with E-state index >= 15 is 0 Å². The van der Waals surface area contributed by atoms with E-state index in [2.05, 4.69) is 23.9 Å². The lowest BCUT2D eigenvalue weighted by atomic mass is 9.87. The summed E-state index contributed by atoms with van der Waals surface area (Å²) < 4.78 is 12.9. The summed E-state index contributed by atoms with van der Waals surface area (Å²) in [4.78, 5) is 4.67. The lowest BCUT2D eigenvalue weighted by molar-refractivity contribution is 0.0396. The Morgan fingerprint density at radius 1 is 1.37 bits per heavy atom. The Bertz CT molecular complexity index is 406. The second kappa shape index (κ2) is 5.99. The van der Waals surface area contributed by atoms with Gasteiger partial charge < -0.3 is 10.6 Å². The standard InChI is InChI=1S/C15H24FN3/c1-18-9-3-8-15(11-17,12-18)19(2)10-13-4-6-14(16)7-5-13/h4-7H,3,8-12,17H2,1-2H3. The van der Waals surface area contributed by atoms with Gasteiger partial charge in [-0.2, -0.15) is 0 Å². The Hall–Kier alpha value is -0.970. The van der Waals surface area contributed by atoms with Crippen molar-refractivity contribution in [3.05, 3.63) is 35.6 Å². The summed E-state index contributed by atoms with van der Waals surface area (Å²) in [7, 11) is 4.27. The van der Waals surface area contributed by atoms with Crippen LogP contribution in [0, 0.1) is 5.82 Å². The third-order valence-electron chi connectivity index (χ3n) is 4.27. The highest BCUT2D eigenvalue weighted by atomic mass is 19.1. The molecule has 1 fully saturated rings. The number of benzene rings is 1. The molecule has 0 saturated carbocycles. The van der Waals surface area contributed by atoms with Crippen LogP contribution in [0.25, 0.3) is 0 Å². The fourth-order valence-electron chi connectivity index (χ4n) is 3.00. The Labute approximate surface area is 115 Å². The van der Waals surface area contributed by atoms with Crippen molar-refractivity contribution in [1.29, 1.82) is 0 Å². The highest BCUT2D eigenvalue weighted by molar-refractivity contribution is 5.16. The highest BCUT2D eigenvalue weighted by Gasteiger charge is 2.36. The molecule has 0 bridgehead atoms. The minimum absolute atomic E-state index is 0.0430. The molecule has 0 amide bonds. The van der Waals surface area contributed by atoms with Gasteiger partial charge in [-0.3, -0.25) is 4.90 Å². The maximum absolute atomic E-state index is 12.9. The largest absolute Gasteiger partial charge is 0.329 e. The zero-order valence-electron chi connectivity index (χ0n) is 11.9. The van der Waals surface area contributed by atoms with Crippen molar-refractivity contribution in [2.24, 2.45) is 5.73 Å². The maximum atomic E-state index is 12.9. The van der Waals surface area contributed by atoms with Gasteiger partial charge in [0.1, 0.15) is 5.82 Å². The van der Waals surface area contributed by atoms with Gasteiger partial charge in [0.25, 0.3) is 0 Å². The van der Waals surface area contributed by atoms with Gasteiger partial charge in [-0.25, -0.2) is 4.39 Å². The van der Waals surface area contributed by atoms with Crippen LogP contribution in [0.5, 0.6) is 0 Å². The number of nitrogens with zero attached hydrogens (tertiary/aromatic N) is 2. The topological polar surface area (TPSA) is 32.5 Å². The molecule has 19 heavy (non-hydrogen) atoms. The van der Waals surface area contributed by atoms with E-state index < -0.39 is 0 Å². The number of nitrogens with two attached hydrogens (primary N) is 1. The Morgan fingerprint density at radius 2 is 2.05 bits per heavy atom. The molecule has 1 aliphatic heterocycles. The minimum atomic E-state index is -0.183. The first-order valence-corrected chi connectivity index (χ1v) is 6.90. The van der Waals surface area contributed by atoms with Gasteiger partial charge in [0.15, 0.2) is 0 Å². The normalized spacial score (nSPS) is 24.9. The monoisotopic (exact) mass is 265 g/mol. The second-order valence-corrected chi connectivity index (χ2v) is 5.75. The van der Waals surface area contributed by atoms with Crippen LogP contribution >= 0.6 is 0 Å². The fraction of sp³-hybridized carbons (Fsp3) is 0.600. The molecule has 106 valence electrons. The minimum Gasteiger partial charge on any atom is -0.329 e. The predicted molar refractivity (Wildman–Crippen MR) is 76.4 cm³/mol. The summed E-state index contributed by atoms with van der Waals surface area (Å²) in [5, 5.41) is 0. The van der Waals surface area contributed by atoms with Gasteiger partial charge in [0.2, 0.25) is 0 Å².